The van der Waals surface area contributed by atoms with Crippen molar-refractivity contribution in [3.05, 3.63) is 71.3 Å². The molecule has 1 N–H and O–H groups in total. The van der Waals surface area contributed by atoms with E-state index in [0.717, 1.165) is 11.1 Å². The summed E-state index contributed by atoms with van der Waals surface area (Å²) in [4.78, 5) is 11.8. The Morgan fingerprint density at radius 2 is 1.50 bits per heavy atom. The van der Waals surface area contributed by atoms with Crippen LogP contribution < -0.4 is 5.32 Å². The smallest absolute Gasteiger partial charge is 0.256 e. The van der Waals surface area contributed by atoms with Crippen molar-refractivity contribution in [2.75, 3.05) is 0 Å². The highest BCUT2D eigenvalue weighted by Gasteiger charge is 2.25. The van der Waals surface area contributed by atoms with Gasteiger partial charge in [0.05, 0.1) is 10.7 Å². The zero-order chi connectivity index (χ0) is 12.5. The number of rotatable bonds is 1. The Morgan fingerprint density at radius 3 is 2.22 bits per heavy atom. The highest BCUT2D eigenvalue weighted by atomic mass is 35.5. The monoisotopic (exact) mass is 255 g/mol. The van der Waals surface area contributed by atoms with Crippen LogP contribution in [0.3, 0.4) is 0 Å². The largest absolute Gasteiger partial charge is 0.320 e. The van der Waals surface area contributed by atoms with E-state index >= 15 is 0 Å². The standard InChI is InChI=1S/C15H10ClNO/c16-13(10-6-2-1-3-7-10)14-11-8-4-5-9-12(11)15(18)17-14/h1-9H,(H,17,18)/b14-13-. The van der Waals surface area contributed by atoms with Gasteiger partial charge in [0.1, 0.15) is 0 Å². The van der Waals surface area contributed by atoms with Crippen LogP contribution in [0.1, 0.15) is 21.5 Å². The lowest BCUT2D eigenvalue weighted by molar-refractivity contribution is 0.0981. The van der Waals surface area contributed by atoms with Crippen LogP contribution in [0.4, 0.5) is 0 Å². The van der Waals surface area contributed by atoms with Crippen molar-refractivity contribution in [3.63, 3.8) is 0 Å². The third-order valence-electron chi connectivity index (χ3n) is 2.93. The van der Waals surface area contributed by atoms with E-state index in [9.17, 15) is 4.79 Å². The van der Waals surface area contributed by atoms with Crippen LogP contribution in [0, 0.1) is 0 Å². The Hall–Kier alpha value is -2.06. The summed E-state index contributed by atoms with van der Waals surface area (Å²) >= 11 is 6.37. The van der Waals surface area contributed by atoms with Crippen molar-refractivity contribution in [3.8, 4) is 0 Å². The maximum Gasteiger partial charge on any atom is 0.256 e. The van der Waals surface area contributed by atoms with Gasteiger partial charge >= 0.3 is 0 Å². The minimum atomic E-state index is -0.102. The number of nitrogens with one attached hydrogen (secondary N) is 1. The second kappa shape index (κ2) is 4.31. The number of hydrogen-bond acceptors (Lipinski definition) is 1. The van der Waals surface area contributed by atoms with E-state index in [0.29, 0.717) is 16.3 Å². The van der Waals surface area contributed by atoms with Gasteiger partial charge < -0.3 is 5.32 Å². The molecule has 0 fully saturated rings. The molecule has 88 valence electrons. The zero-order valence-electron chi connectivity index (χ0n) is 9.48. The minimum Gasteiger partial charge on any atom is -0.320 e. The fraction of sp³-hybridized carbons (Fsp3) is 0. The Bertz CT molecular complexity index is 647. The summed E-state index contributed by atoms with van der Waals surface area (Å²) in [5, 5.41) is 3.39. The Balaban J connectivity index is 2.17. The van der Waals surface area contributed by atoms with Gasteiger partial charge in [0.15, 0.2) is 0 Å². The molecule has 1 aliphatic rings. The van der Waals surface area contributed by atoms with E-state index < -0.39 is 0 Å². The molecule has 0 unspecified atom stereocenters. The normalized spacial score (nSPS) is 16.2. The third-order valence-corrected chi connectivity index (χ3v) is 3.33. The maximum atomic E-state index is 11.8. The summed E-state index contributed by atoms with van der Waals surface area (Å²) in [5.74, 6) is -0.102. The van der Waals surface area contributed by atoms with Crippen molar-refractivity contribution in [2.24, 2.45) is 0 Å². The molecule has 0 aliphatic carbocycles. The lowest BCUT2D eigenvalue weighted by Gasteiger charge is -2.05. The number of amides is 1. The molecule has 1 aliphatic heterocycles. The fourth-order valence-corrected chi connectivity index (χ4v) is 2.32. The molecule has 3 rings (SSSR count). The number of halogens is 1. The van der Waals surface area contributed by atoms with Gasteiger partial charge in [0.25, 0.3) is 5.91 Å². The van der Waals surface area contributed by atoms with E-state index in [4.69, 9.17) is 11.6 Å². The summed E-state index contributed by atoms with van der Waals surface area (Å²) in [6.07, 6.45) is 0. The molecule has 0 saturated carbocycles. The van der Waals surface area contributed by atoms with Crippen LogP contribution in [-0.4, -0.2) is 5.91 Å². The first-order valence-electron chi connectivity index (χ1n) is 5.63. The van der Waals surface area contributed by atoms with E-state index in [1.165, 1.54) is 0 Å². The maximum absolute atomic E-state index is 11.8. The fourth-order valence-electron chi connectivity index (χ4n) is 2.05. The van der Waals surface area contributed by atoms with Crippen LogP contribution in [-0.2, 0) is 0 Å². The molecular formula is C15H10ClNO. The van der Waals surface area contributed by atoms with E-state index in [1.807, 2.05) is 48.5 Å². The van der Waals surface area contributed by atoms with Crippen LogP contribution in [0.15, 0.2) is 54.6 Å². The Morgan fingerprint density at radius 1 is 0.889 bits per heavy atom. The molecule has 0 aromatic heterocycles. The lowest BCUT2D eigenvalue weighted by atomic mass is 10.1. The molecule has 18 heavy (non-hydrogen) atoms. The van der Waals surface area contributed by atoms with Gasteiger partial charge in [-0.05, 0) is 11.6 Å². The first kappa shape index (κ1) is 11.1. The number of carbonyl (C=O) groups excluding carboxylic acids is 1. The summed E-state index contributed by atoms with van der Waals surface area (Å²) in [6, 6.07) is 17.0. The topological polar surface area (TPSA) is 29.1 Å². The van der Waals surface area contributed by atoms with Gasteiger partial charge in [-0.3, -0.25) is 4.79 Å². The van der Waals surface area contributed by atoms with Gasteiger partial charge in [0.2, 0.25) is 0 Å². The zero-order valence-corrected chi connectivity index (χ0v) is 10.2. The Labute approximate surface area is 110 Å². The first-order valence-corrected chi connectivity index (χ1v) is 6.01. The predicted molar refractivity (Wildman–Crippen MR) is 73.0 cm³/mol. The van der Waals surface area contributed by atoms with Gasteiger partial charge in [0, 0.05) is 11.1 Å². The third kappa shape index (κ3) is 1.71. The quantitative estimate of drug-likeness (QED) is 0.830. The highest BCUT2D eigenvalue weighted by molar-refractivity contribution is 6.53. The van der Waals surface area contributed by atoms with Crippen molar-refractivity contribution in [1.82, 2.24) is 5.32 Å². The molecule has 3 heteroatoms. The highest BCUT2D eigenvalue weighted by Crippen LogP contribution is 2.33. The molecular weight excluding hydrogens is 246 g/mol. The molecule has 1 amide bonds. The van der Waals surface area contributed by atoms with E-state index in [-0.39, 0.29) is 5.91 Å². The SMILES string of the molecule is O=C1N/C(=C(\Cl)c2ccccc2)c2ccccc21. The van der Waals surface area contributed by atoms with E-state index in [2.05, 4.69) is 5.32 Å². The summed E-state index contributed by atoms with van der Waals surface area (Å²) in [5.41, 5.74) is 3.10. The average molecular weight is 256 g/mol. The average Bonchev–Trinajstić information content (AvgIpc) is 2.77. The molecule has 2 nitrogen and oxygen atoms in total. The van der Waals surface area contributed by atoms with Crippen molar-refractivity contribution >= 4 is 28.2 Å². The van der Waals surface area contributed by atoms with Gasteiger partial charge in [-0.1, -0.05) is 60.1 Å². The van der Waals surface area contributed by atoms with Crippen molar-refractivity contribution in [2.45, 2.75) is 0 Å². The molecule has 0 spiro atoms. The Kier molecular flexibility index (Phi) is 2.65. The second-order valence-corrected chi connectivity index (χ2v) is 4.43. The summed E-state index contributed by atoms with van der Waals surface area (Å²) in [7, 11) is 0. The van der Waals surface area contributed by atoms with Crippen molar-refractivity contribution < 1.29 is 4.79 Å². The van der Waals surface area contributed by atoms with Crippen LogP contribution in [0.25, 0.3) is 10.7 Å². The first-order chi connectivity index (χ1) is 8.77. The number of benzene rings is 2. The predicted octanol–water partition coefficient (Wildman–Crippen LogP) is 3.49. The number of fused-ring (bicyclic) bond motifs is 1. The van der Waals surface area contributed by atoms with Gasteiger partial charge in [-0.15, -0.1) is 0 Å². The van der Waals surface area contributed by atoms with Crippen LogP contribution in [0.2, 0.25) is 0 Å². The van der Waals surface area contributed by atoms with Crippen LogP contribution in [0.5, 0.6) is 0 Å². The summed E-state index contributed by atoms with van der Waals surface area (Å²) in [6.45, 7) is 0. The molecule has 0 saturated heterocycles. The van der Waals surface area contributed by atoms with E-state index in [1.54, 1.807) is 6.07 Å². The molecule has 2 aromatic carbocycles. The van der Waals surface area contributed by atoms with Gasteiger partial charge in [-0.2, -0.15) is 0 Å². The van der Waals surface area contributed by atoms with Crippen LogP contribution >= 0.6 is 11.6 Å². The minimum absolute atomic E-state index is 0.102. The molecule has 1 heterocycles. The number of hydrogen-bond donors (Lipinski definition) is 1. The second-order valence-electron chi connectivity index (χ2n) is 4.05. The number of carbonyl (C=O) groups is 1. The summed E-state index contributed by atoms with van der Waals surface area (Å²) < 4.78 is 0. The molecule has 2 aromatic rings. The van der Waals surface area contributed by atoms with Gasteiger partial charge in [-0.25, -0.2) is 0 Å². The lowest BCUT2D eigenvalue weighted by Crippen LogP contribution is -2.12. The molecule has 0 bridgehead atoms. The molecule has 0 radical (unpaired) electrons. The van der Waals surface area contributed by atoms with Crippen molar-refractivity contribution in [1.29, 1.82) is 0 Å². The molecule has 0 atom stereocenters.